The molecule has 0 aromatic heterocycles. The molecule has 1 heterocycles. The molecule has 5 nitrogen and oxygen atoms in total. The molecule has 3 aliphatic carbocycles. The van der Waals surface area contributed by atoms with Gasteiger partial charge in [-0.3, -0.25) is 14.5 Å². The van der Waals surface area contributed by atoms with Crippen LogP contribution in [0.2, 0.25) is 0 Å². The second kappa shape index (κ2) is 11.0. The Morgan fingerprint density at radius 2 is 1.79 bits per heavy atom. The van der Waals surface area contributed by atoms with Crippen LogP contribution in [-0.4, -0.2) is 44.7 Å². The van der Waals surface area contributed by atoms with Gasteiger partial charge in [-0.25, -0.2) is 0 Å². The number of carbonyl (C=O) groups excluding carboxylic acids is 2. The lowest BCUT2D eigenvalue weighted by molar-refractivity contribution is 0.0472. The first-order valence-corrected chi connectivity index (χ1v) is 15.2. The van der Waals surface area contributed by atoms with Gasteiger partial charge >= 0.3 is 0 Å². The van der Waals surface area contributed by atoms with Crippen LogP contribution in [-0.2, 0) is 0 Å². The average Bonchev–Trinajstić information content (AvgIpc) is 3.35. The number of aliphatic hydroxyl groups excluding tert-OH is 1. The molecule has 1 aliphatic heterocycles. The molecular formula is C34H47NO4. The van der Waals surface area contributed by atoms with E-state index in [9.17, 15) is 19.8 Å². The molecule has 2 N–H and O–H groups in total. The first kappa shape index (κ1) is 28.3. The minimum absolute atomic E-state index is 0.232. The number of imide groups is 1. The molecule has 0 bridgehead atoms. The van der Waals surface area contributed by atoms with E-state index in [4.69, 9.17) is 0 Å². The first-order chi connectivity index (χ1) is 18.5. The molecule has 0 unspecified atom stereocenters. The fourth-order valence-electron chi connectivity index (χ4n) is 8.54. The van der Waals surface area contributed by atoms with E-state index >= 15 is 0 Å². The summed E-state index contributed by atoms with van der Waals surface area (Å²) in [4.78, 5) is 27.5. The van der Waals surface area contributed by atoms with Crippen molar-refractivity contribution in [2.75, 3.05) is 0 Å². The van der Waals surface area contributed by atoms with Gasteiger partial charge < -0.3 is 10.2 Å². The van der Waals surface area contributed by atoms with Crippen LogP contribution in [0.1, 0.15) is 119 Å². The van der Waals surface area contributed by atoms with Crippen molar-refractivity contribution in [3.63, 3.8) is 0 Å². The van der Waals surface area contributed by atoms with Crippen LogP contribution in [0, 0.1) is 23.2 Å². The molecule has 4 aliphatic rings. The lowest BCUT2D eigenvalue weighted by Crippen LogP contribution is -2.44. The highest BCUT2D eigenvalue weighted by Crippen LogP contribution is 2.60. The largest absolute Gasteiger partial charge is 0.393 e. The van der Waals surface area contributed by atoms with E-state index in [0.717, 1.165) is 30.8 Å². The van der Waals surface area contributed by atoms with Gasteiger partial charge in [0, 0.05) is 6.04 Å². The van der Waals surface area contributed by atoms with E-state index in [2.05, 4.69) is 26.0 Å². The Bertz CT molecular complexity index is 1120. The van der Waals surface area contributed by atoms with Crippen molar-refractivity contribution >= 4 is 11.8 Å². The highest BCUT2D eigenvalue weighted by Gasteiger charge is 2.50. The predicted octanol–water partition coefficient (Wildman–Crippen LogP) is 6.84. The summed E-state index contributed by atoms with van der Waals surface area (Å²) in [6.45, 7) is 8.76. The third kappa shape index (κ3) is 5.67. The number of nitrogens with zero attached hydrogens (tertiary/aromatic N) is 1. The van der Waals surface area contributed by atoms with E-state index in [1.807, 2.05) is 13.8 Å². The van der Waals surface area contributed by atoms with Crippen LogP contribution in [0.15, 0.2) is 47.6 Å². The summed E-state index contributed by atoms with van der Waals surface area (Å²) < 4.78 is 0. The number of rotatable bonds is 7. The minimum Gasteiger partial charge on any atom is -0.393 e. The summed E-state index contributed by atoms with van der Waals surface area (Å²) in [6, 6.07) is 6.73. The quantitative estimate of drug-likeness (QED) is 0.376. The van der Waals surface area contributed by atoms with E-state index in [1.165, 1.54) is 37.0 Å². The number of hydrogen-bond donors (Lipinski definition) is 2. The fraction of sp³-hybridized carbons (Fsp3) is 0.647. The molecule has 3 fully saturated rings. The summed E-state index contributed by atoms with van der Waals surface area (Å²) in [5.74, 6) is 1.52. The molecule has 2 amide bonds. The van der Waals surface area contributed by atoms with Gasteiger partial charge in [-0.05, 0) is 107 Å². The second-order valence-corrected chi connectivity index (χ2v) is 13.8. The van der Waals surface area contributed by atoms with Crippen LogP contribution in [0.3, 0.4) is 0 Å². The van der Waals surface area contributed by atoms with Crippen LogP contribution in [0.25, 0.3) is 0 Å². The number of fused-ring (bicyclic) bond motifs is 2. The molecule has 6 atom stereocenters. The predicted molar refractivity (Wildman–Crippen MR) is 154 cm³/mol. The molecule has 1 aromatic rings. The molecular weight excluding hydrogens is 486 g/mol. The summed E-state index contributed by atoms with van der Waals surface area (Å²) in [6.07, 6.45) is 14.9. The Labute approximate surface area is 234 Å². The Hall–Kier alpha value is -2.24. The lowest BCUT2D eigenvalue weighted by Gasteiger charge is -2.44. The van der Waals surface area contributed by atoms with Gasteiger partial charge in [-0.2, -0.15) is 0 Å². The van der Waals surface area contributed by atoms with Crippen molar-refractivity contribution < 1.29 is 19.8 Å². The molecule has 5 heteroatoms. The summed E-state index contributed by atoms with van der Waals surface area (Å²) in [5.41, 5.74) is 3.36. The number of aliphatic hydroxyl groups is 2. The Morgan fingerprint density at radius 1 is 1.10 bits per heavy atom. The van der Waals surface area contributed by atoms with Crippen molar-refractivity contribution in [3.05, 3.63) is 58.7 Å². The highest BCUT2D eigenvalue weighted by molar-refractivity contribution is 6.21. The van der Waals surface area contributed by atoms with Gasteiger partial charge in [0.2, 0.25) is 0 Å². The third-order valence-electron chi connectivity index (χ3n) is 10.4. The number of allylic oxidation sites excluding steroid dienone is 3. The number of amides is 2. The fourth-order valence-corrected chi connectivity index (χ4v) is 8.54. The number of hydrogen-bond acceptors (Lipinski definition) is 4. The van der Waals surface area contributed by atoms with E-state index < -0.39 is 11.7 Å². The SMILES string of the molecule is C[C@H](CCCC(C)(C)O)[C@H]1CC[C@H]2/C(=C/C=C3\C[C@@H](O)C[C@@H](N4C(=O)c5ccccc5C4=O)C3)CCC[C@]12C. The first-order valence-electron chi connectivity index (χ1n) is 15.2. The van der Waals surface area contributed by atoms with E-state index in [0.29, 0.717) is 47.6 Å². The summed E-state index contributed by atoms with van der Waals surface area (Å²) >= 11 is 0. The third-order valence-corrected chi connectivity index (χ3v) is 10.4. The molecule has 39 heavy (non-hydrogen) atoms. The van der Waals surface area contributed by atoms with Gasteiger partial charge in [0.25, 0.3) is 11.8 Å². The van der Waals surface area contributed by atoms with Crippen LogP contribution < -0.4 is 0 Å². The topological polar surface area (TPSA) is 77.8 Å². The minimum atomic E-state index is -0.582. The highest BCUT2D eigenvalue weighted by atomic mass is 16.3. The smallest absolute Gasteiger partial charge is 0.261 e. The van der Waals surface area contributed by atoms with Crippen molar-refractivity contribution in [1.82, 2.24) is 4.90 Å². The van der Waals surface area contributed by atoms with Crippen molar-refractivity contribution in [2.45, 2.75) is 116 Å². The van der Waals surface area contributed by atoms with Crippen LogP contribution >= 0.6 is 0 Å². The van der Waals surface area contributed by atoms with Crippen molar-refractivity contribution in [1.29, 1.82) is 0 Å². The van der Waals surface area contributed by atoms with E-state index in [-0.39, 0.29) is 17.9 Å². The monoisotopic (exact) mass is 533 g/mol. The number of carbonyl (C=O) groups is 2. The van der Waals surface area contributed by atoms with Gasteiger partial charge in [0.1, 0.15) is 0 Å². The zero-order valence-electron chi connectivity index (χ0n) is 24.3. The normalized spacial score (nSPS) is 34.1. The molecule has 0 saturated heterocycles. The summed E-state index contributed by atoms with van der Waals surface area (Å²) in [7, 11) is 0. The number of benzene rings is 1. The van der Waals surface area contributed by atoms with Gasteiger partial charge in [0.05, 0.1) is 22.8 Å². The molecule has 5 rings (SSSR count). The van der Waals surface area contributed by atoms with Crippen LogP contribution in [0.4, 0.5) is 0 Å². The molecule has 0 spiro atoms. The Morgan fingerprint density at radius 3 is 2.46 bits per heavy atom. The maximum absolute atomic E-state index is 13.1. The van der Waals surface area contributed by atoms with Crippen molar-refractivity contribution in [2.24, 2.45) is 23.2 Å². The maximum Gasteiger partial charge on any atom is 0.261 e. The zero-order valence-corrected chi connectivity index (χ0v) is 24.3. The van der Waals surface area contributed by atoms with E-state index in [1.54, 1.807) is 29.8 Å². The molecule has 1 aromatic carbocycles. The lowest BCUT2D eigenvalue weighted by atomic mass is 9.60. The van der Waals surface area contributed by atoms with Crippen LogP contribution in [0.5, 0.6) is 0 Å². The van der Waals surface area contributed by atoms with Gasteiger partial charge in [-0.1, -0.05) is 62.1 Å². The molecule has 3 saturated carbocycles. The van der Waals surface area contributed by atoms with Crippen molar-refractivity contribution in [3.8, 4) is 0 Å². The average molecular weight is 534 g/mol. The maximum atomic E-state index is 13.1. The Balaban J connectivity index is 1.28. The summed E-state index contributed by atoms with van der Waals surface area (Å²) in [5, 5.41) is 20.9. The Kier molecular flexibility index (Phi) is 7.96. The van der Waals surface area contributed by atoms with Gasteiger partial charge in [-0.15, -0.1) is 0 Å². The molecule has 0 radical (unpaired) electrons. The second-order valence-electron chi connectivity index (χ2n) is 13.8. The zero-order chi connectivity index (χ0) is 27.9. The van der Waals surface area contributed by atoms with Gasteiger partial charge in [0.15, 0.2) is 0 Å². The molecule has 212 valence electrons. The standard InChI is InChI=1S/C34H47NO4/c1-22(9-7-17-33(2,3)39)29-15-16-30-24(10-8-18-34(29,30)4)14-13-23-19-25(21-26(36)20-23)35-31(37)27-11-5-6-12-28(27)32(35)38/h5-6,11-14,22,25-26,29-30,36,39H,7-10,15-21H2,1-4H3/b23-13-,24-14+/t22-,25+,26-,29-,30+,34-/m1/s1.